The maximum absolute atomic E-state index is 11.7. The first-order chi connectivity index (χ1) is 9.49. The first-order valence-corrected chi connectivity index (χ1v) is 7.03. The summed E-state index contributed by atoms with van der Waals surface area (Å²) in [5, 5.41) is 13.0. The van der Waals surface area contributed by atoms with Crippen molar-refractivity contribution in [2.24, 2.45) is 0 Å². The molecular formula is C13H12Cl2N2O3. The molecule has 3 amide bonds. The van der Waals surface area contributed by atoms with Gasteiger partial charge in [0.15, 0.2) is 0 Å². The predicted octanol–water partition coefficient (Wildman–Crippen LogP) is 2.50. The largest absolute Gasteiger partial charge is 0.508 e. The molecule has 2 saturated heterocycles. The standard InChI is InChI=1S/C13H12Cl2N2O3/c14-7-1-2-9(18)10(11(7)15)6-3-4-17-8(5-6)12(19)16-13(17)20/h1-2,6,8,18H,3-5H2,(H,16,19,20)/t6-,8-/m0/s1. The number of carbonyl (C=O) groups is 2. The lowest BCUT2D eigenvalue weighted by Gasteiger charge is -2.33. The molecule has 5 nitrogen and oxygen atoms in total. The van der Waals surface area contributed by atoms with Gasteiger partial charge in [0.05, 0.1) is 10.0 Å². The summed E-state index contributed by atoms with van der Waals surface area (Å²) < 4.78 is 0. The van der Waals surface area contributed by atoms with Crippen LogP contribution in [0.4, 0.5) is 4.79 Å². The van der Waals surface area contributed by atoms with Crippen molar-refractivity contribution in [2.45, 2.75) is 24.8 Å². The molecule has 2 atom stereocenters. The third-order valence-electron chi connectivity index (χ3n) is 3.91. The topological polar surface area (TPSA) is 69.6 Å². The first-order valence-electron chi connectivity index (χ1n) is 6.27. The number of amides is 3. The SMILES string of the molecule is O=C1NC(=O)N2CC[C@H](c3c(O)ccc(Cl)c3Cl)C[C@@H]12. The minimum Gasteiger partial charge on any atom is -0.508 e. The Labute approximate surface area is 125 Å². The van der Waals surface area contributed by atoms with Crippen LogP contribution >= 0.6 is 23.2 Å². The van der Waals surface area contributed by atoms with Crippen LogP contribution in [0.15, 0.2) is 12.1 Å². The van der Waals surface area contributed by atoms with Gasteiger partial charge in [-0.2, -0.15) is 0 Å². The number of urea groups is 1. The number of hydrogen-bond donors (Lipinski definition) is 2. The molecule has 0 saturated carbocycles. The normalized spacial score (nSPS) is 25.6. The van der Waals surface area contributed by atoms with Crippen molar-refractivity contribution >= 4 is 35.1 Å². The second-order valence-corrected chi connectivity index (χ2v) is 5.80. The molecule has 106 valence electrons. The van der Waals surface area contributed by atoms with Crippen LogP contribution in [0.3, 0.4) is 0 Å². The summed E-state index contributed by atoms with van der Waals surface area (Å²) in [7, 11) is 0. The average molecular weight is 315 g/mol. The second-order valence-electron chi connectivity index (χ2n) is 5.02. The Morgan fingerprint density at radius 2 is 2.05 bits per heavy atom. The maximum atomic E-state index is 11.7. The molecule has 1 aromatic carbocycles. The number of halogens is 2. The fraction of sp³-hybridized carbons (Fsp3) is 0.385. The highest BCUT2D eigenvalue weighted by atomic mass is 35.5. The second kappa shape index (κ2) is 4.82. The lowest BCUT2D eigenvalue weighted by molar-refractivity contribution is -0.122. The molecule has 0 radical (unpaired) electrons. The Balaban J connectivity index is 1.92. The van der Waals surface area contributed by atoms with Crippen LogP contribution in [0.1, 0.15) is 24.3 Å². The van der Waals surface area contributed by atoms with E-state index in [-0.39, 0.29) is 23.6 Å². The zero-order valence-corrected chi connectivity index (χ0v) is 11.9. The van der Waals surface area contributed by atoms with Crippen LogP contribution in [0.5, 0.6) is 5.75 Å². The van der Waals surface area contributed by atoms with Gasteiger partial charge in [-0.1, -0.05) is 23.2 Å². The lowest BCUT2D eigenvalue weighted by atomic mass is 9.85. The highest BCUT2D eigenvalue weighted by Gasteiger charge is 2.43. The molecule has 0 unspecified atom stereocenters. The van der Waals surface area contributed by atoms with Crippen molar-refractivity contribution in [1.82, 2.24) is 10.2 Å². The number of phenolic OH excluding ortho intramolecular Hbond substituents is 1. The fourth-order valence-corrected chi connectivity index (χ4v) is 3.40. The van der Waals surface area contributed by atoms with Crippen LogP contribution in [0.2, 0.25) is 10.0 Å². The van der Waals surface area contributed by atoms with Gasteiger partial charge in [0.2, 0.25) is 0 Å². The van der Waals surface area contributed by atoms with Crippen molar-refractivity contribution in [3.63, 3.8) is 0 Å². The van der Waals surface area contributed by atoms with E-state index in [0.717, 1.165) is 0 Å². The highest BCUT2D eigenvalue weighted by Crippen LogP contribution is 2.43. The van der Waals surface area contributed by atoms with E-state index >= 15 is 0 Å². The van der Waals surface area contributed by atoms with E-state index < -0.39 is 6.04 Å². The van der Waals surface area contributed by atoms with Crippen LogP contribution in [0.25, 0.3) is 0 Å². The number of benzene rings is 1. The zero-order valence-electron chi connectivity index (χ0n) is 10.4. The summed E-state index contributed by atoms with van der Waals surface area (Å²) in [5.41, 5.74) is 0.561. The van der Waals surface area contributed by atoms with Gasteiger partial charge in [-0.3, -0.25) is 10.1 Å². The molecule has 2 N–H and O–H groups in total. The molecule has 20 heavy (non-hydrogen) atoms. The summed E-state index contributed by atoms with van der Waals surface area (Å²) in [6.07, 6.45) is 1.07. The van der Waals surface area contributed by atoms with E-state index in [2.05, 4.69) is 5.32 Å². The van der Waals surface area contributed by atoms with Gasteiger partial charge in [-0.05, 0) is 30.9 Å². The van der Waals surface area contributed by atoms with E-state index in [1.54, 1.807) is 0 Å². The van der Waals surface area contributed by atoms with E-state index in [1.165, 1.54) is 17.0 Å². The molecule has 0 aromatic heterocycles. The average Bonchev–Trinajstić information content (AvgIpc) is 2.70. The van der Waals surface area contributed by atoms with E-state index in [4.69, 9.17) is 23.2 Å². The van der Waals surface area contributed by atoms with Gasteiger partial charge in [0, 0.05) is 12.1 Å². The number of fused-ring (bicyclic) bond motifs is 1. The minimum atomic E-state index is -0.490. The highest BCUT2D eigenvalue weighted by molar-refractivity contribution is 6.42. The summed E-state index contributed by atoms with van der Waals surface area (Å²) in [6, 6.07) is 2.19. The van der Waals surface area contributed by atoms with Crippen molar-refractivity contribution < 1.29 is 14.7 Å². The van der Waals surface area contributed by atoms with Gasteiger partial charge >= 0.3 is 6.03 Å². The molecule has 0 bridgehead atoms. The first kappa shape index (κ1) is 13.5. The smallest absolute Gasteiger partial charge is 0.324 e. The molecule has 7 heteroatoms. The van der Waals surface area contributed by atoms with Crippen LogP contribution in [0, 0.1) is 0 Å². The van der Waals surface area contributed by atoms with E-state index in [1.807, 2.05) is 0 Å². The Bertz CT molecular complexity index is 606. The number of carbonyl (C=O) groups excluding carboxylic acids is 2. The number of piperidine rings is 1. The van der Waals surface area contributed by atoms with Crippen LogP contribution in [-0.2, 0) is 4.79 Å². The molecule has 0 spiro atoms. The van der Waals surface area contributed by atoms with Crippen molar-refractivity contribution in [2.75, 3.05) is 6.54 Å². The third kappa shape index (κ3) is 2.01. The van der Waals surface area contributed by atoms with E-state index in [0.29, 0.717) is 35.0 Å². The number of hydrogen-bond acceptors (Lipinski definition) is 3. The molecule has 2 aliphatic rings. The van der Waals surface area contributed by atoms with Gasteiger partial charge < -0.3 is 10.0 Å². The monoisotopic (exact) mass is 314 g/mol. The van der Waals surface area contributed by atoms with Gasteiger partial charge in [0.1, 0.15) is 11.8 Å². The number of nitrogens with zero attached hydrogens (tertiary/aromatic N) is 1. The molecule has 2 heterocycles. The van der Waals surface area contributed by atoms with Crippen molar-refractivity contribution in [1.29, 1.82) is 0 Å². The number of phenols is 1. The lowest BCUT2D eigenvalue weighted by Crippen LogP contribution is -2.41. The van der Waals surface area contributed by atoms with Gasteiger partial charge in [-0.25, -0.2) is 4.79 Å². The summed E-state index contributed by atoms with van der Waals surface area (Å²) in [6.45, 7) is 0.454. The summed E-state index contributed by atoms with van der Waals surface area (Å²) in [4.78, 5) is 24.8. The Morgan fingerprint density at radius 3 is 2.80 bits per heavy atom. The van der Waals surface area contributed by atoms with Gasteiger partial charge in [-0.15, -0.1) is 0 Å². The molecule has 0 aliphatic carbocycles. The molecule has 2 fully saturated rings. The van der Waals surface area contributed by atoms with Gasteiger partial charge in [0.25, 0.3) is 5.91 Å². The zero-order chi connectivity index (χ0) is 14.4. The molecule has 1 aromatic rings. The fourth-order valence-electron chi connectivity index (χ4n) is 2.92. The molecular weight excluding hydrogens is 303 g/mol. The van der Waals surface area contributed by atoms with Crippen molar-refractivity contribution in [3.8, 4) is 5.75 Å². The Hall–Kier alpha value is -1.46. The predicted molar refractivity (Wildman–Crippen MR) is 74.1 cm³/mol. The number of aromatic hydroxyl groups is 1. The number of nitrogens with one attached hydrogen (secondary N) is 1. The third-order valence-corrected chi connectivity index (χ3v) is 4.73. The maximum Gasteiger partial charge on any atom is 0.324 e. The molecule has 3 rings (SSSR count). The van der Waals surface area contributed by atoms with E-state index in [9.17, 15) is 14.7 Å². The summed E-state index contributed by atoms with van der Waals surface area (Å²) >= 11 is 12.1. The number of imide groups is 1. The summed E-state index contributed by atoms with van der Waals surface area (Å²) in [5.74, 6) is -0.320. The van der Waals surface area contributed by atoms with Crippen LogP contribution in [-0.4, -0.2) is 34.5 Å². The Kier molecular flexibility index (Phi) is 3.26. The quantitative estimate of drug-likeness (QED) is 0.782. The minimum absolute atomic E-state index is 0.0718. The molecule has 2 aliphatic heterocycles. The van der Waals surface area contributed by atoms with Crippen molar-refractivity contribution in [3.05, 3.63) is 27.7 Å². The van der Waals surface area contributed by atoms with Crippen LogP contribution < -0.4 is 5.32 Å². The number of rotatable bonds is 1. The Morgan fingerprint density at radius 1 is 1.30 bits per heavy atom.